The van der Waals surface area contributed by atoms with E-state index in [0.717, 1.165) is 40.8 Å². The molecular formula is C21H25ClN4O3S. The van der Waals surface area contributed by atoms with Gasteiger partial charge >= 0.3 is 0 Å². The molecule has 1 heterocycles. The highest BCUT2D eigenvalue weighted by Gasteiger charge is 2.23. The van der Waals surface area contributed by atoms with Gasteiger partial charge in [0.1, 0.15) is 17.1 Å². The molecule has 0 aliphatic heterocycles. The molecule has 1 aromatic heterocycles. The first kappa shape index (κ1) is 22.1. The lowest BCUT2D eigenvalue weighted by Crippen LogP contribution is -2.08. The summed E-state index contributed by atoms with van der Waals surface area (Å²) in [6.45, 7) is 1.66. The Kier molecular flexibility index (Phi) is 6.67. The lowest BCUT2D eigenvalue weighted by molar-refractivity contribution is 0.419. The first-order valence-corrected chi connectivity index (χ1v) is 11.5. The summed E-state index contributed by atoms with van der Waals surface area (Å²) in [5, 5.41) is 7.60. The summed E-state index contributed by atoms with van der Waals surface area (Å²) in [5.41, 5.74) is 2.28. The number of nitrogens with one attached hydrogen (secondary N) is 2. The van der Waals surface area contributed by atoms with E-state index in [0.29, 0.717) is 17.7 Å². The zero-order valence-electron chi connectivity index (χ0n) is 16.9. The van der Waals surface area contributed by atoms with Gasteiger partial charge in [-0.25, -0.2) is 13.4 Å². The van der Waals surface area contributed by atoms with Crippen LogP contribution in [0, 0.1) is 0 Å². The monoisotopic (exact) mass is 448 g/mol. The third-order valence-corrected chi connectivity index (χ3v) is 6.52. The smallest absolute Gasteiger partial charge is 0.229 e. The van der Waals surface area contributed by atoms with E-state index in [-0.39, 0.29) is 23.9 Å². The topological polar surface area (TPSA) is 93.2 Å². The van der Waals surface area contributed by atoms with Crippen LogP contribution in [0.3, 0.4) is 0 Å². The van der Waals surface area contributed by atoms with Crippen molar-refractivity contribution >= 4 is 50.6 Å². The van der Waals surface area contributed by atoms with E-state index >= 15 is 0 Å². The number of halogens is 1. The molecule has 0 spiro atoms. The molecule has 3 aromatic rings. The van der Waals surface area contributed by atoms with Gasteiger partial charge in [-0.1, -0.05) is 25.1 Å². The van der Waals surface area contributed by atoms with Crippen molar-refractivity contribution in [3.05, 3.63) is 48.0 Å². The lowest BCUT2D eigenvalue weighted by atomic mass is 10.2. The Morgan fingerprint density at radius 1 is 1.10 bits per heavy atom. The molecule has 0 bridgehead atoms. The van der Waals surface area contributed by atoms with E-state index in [4.69, 9.17) is 4.74 Å². The number of nitrogens with zero attached hydrogens (tertiary/aromatic N) is 2. The number of anilines is 3. The second-order valence-electron chi connectivity index (χ2n) is 7.17. The van der Waals surface area contributed by atoms with Crippen LogP contribution in [0.25, 0.3) is 10.9 Å². The number of hydrogen-bond acceptors (Lipinski definition) is 7. The number of methoxy groups -OCH3 is 1. The van der Waals surface area contributed by atoms with Gasteiger partial charge in [0.05, 0.1) is 12.9 Å². The zero-order valence-corrected chi connectivity index (χ0v) is 18.5. The molecule has 1 aliphatic rings. The van der Waals surface area contributed by atoms with Crippen molar-refractivity contribution in [3.8, 4) is 5.75 Å². The summed E-state index contributed by atoms with van der Waals surface area (Å²) < 4.78 is 29.1. The normalized spacial score (nSPS) is 13.5. The SMILES string of the molecule is CCS(=O)(=O)Cc1ccc(Nc2nc(NC3CC3)c3cccc(OC)c3n2)cc1.Cl. The van der Waals surface area contributed by atoms with Crippen LogP contribution in [-0.4, -0.2) is 37.3 Å². The van der Waals surface area contributed by atoms with Crippen LogP contribution in [0.4, 0.5) is 17.5 Å². The minimum absolute atomic E-state index is 0. The number of fused-ring (bicyclic) bond motifs is 1. The standard InChI is InChI=1S/C21H24N4O3S.ClH/c1-3-29(26,27)13-14-7-9-16(10-8-14)23-21-24-19-17(5-4-6-18(19)28-2)20(25-21)22-15-11-12-15;/h4-10,15H,3,11-13H2,1-2H3,(H2,22,23,24,25);1H. The van der Waals surface area contributed by atoms with Gasteiger partial charge in [-0.05, 0) is 42.7 Å². The lowest BCUT2D eigenvalue weighted by Gasteiger charge is -2.13. The number of ether oxygens (including phenoxy) is 1. The Morgan fingerprint density at radius 2 is 1.83 bits per heavy atom. The first-order valence-electron chi connectivity index (χ1n) is 9.65. The van der Waals surface area contributed by atoms with Crippen molar-refractivity contribution in [1.29, 1.82) is 0 Å². The molecule has 7 nitrogen and oxygen atoms in total. The van der Waals surface area contributed by atoms with E-state index in [1.165, 1.54) is 0 Å². The molecule has 1 fully saturated rings. The van der Waals surface area contributed by atoms with Crippen molar-refractivity contribution in [2.75, 3.05) is 23.5 Å². The van der Waals surface area contributed by atoms with E-state index in [1.54, 1.807) is 26.2 Å². The Labute approximate surface area is 182 Å². The third-order valence-electron chi connectivity index (χ3n) is 4.86. The number of benzene rings is 2. The van der Waals surface area contributed by atoms with Gasteiger partial charge in [0.25, 0.3) is 0 Å². The fourth-order valence-corrected chi connectivity index (χ4v) is 3.95. The molecule has 160 valence electrons. The van der Waals surface area contributed by atoms with Gasteiger partial charge in [0, 0.05) is 22.9 Å². The Bertz CT molecular complexity index is 1130. The number of sulfone groups is 1. The molecule has 2 aromatic carbocycles. The minimum atomic E-state index is -3.05. The molecule has 0 unspecified atom stereocenters. The molecule has 0 amide bonds. The molecule has 4 rings (SSSR count). The fourth-order valence-electron chi connectivity index (χ4n) is 3.05. The van der Waals surface area contributed by atoms with Gasteiger partial charge in [-0.15, -0.1) is 12.4 Å². The number of aromatic nitrogens is 2. The summed E-state index contributed by atoms with van der Waals surface area (Å²) in [6, 6.07) is 13.5. The van der Waals surface area contributed by atoms with Crippen LogP contribution in [0.1, 0.15) is 25.3 Å². The summed E-state index contributed by atoms with van der Waals surface area (Å²) >= 11 is 0. The number of para-hydroxylation sites is 1. The van der Waals surface area contributed by atoms with Crippen LogP contribution in [0.15, 0.2) is 42.5 Å². The van der Waals surface area contributed by atoms with Crippen LogP contribution in [0.2, 0.25) is 0 Å². The van der Waals surface area contributed by atoms with Crippen LogP contribution < -0.4 is 15.4 Å². The molecule has 0 atom stereocenters. The molecule has 30 heavy (non-hydrogen) atoms. The van der Waals surface area contributed by atoms with Crippen molar-refractivity contribution in [1.82, 2.24) is 9.97 Å². The van der Waals surface area contributed by atoms with E-state index in [2.05, 4.69) is 20.6 Å². The van der Waals surface area contributed by atoms with Crippen LogP contribution in [-0.2, 0) is 15.6 Å². The Hall–Kier alpha value is -2.58. The Morgan fingerprint density at radius 3 is 2.47 bits per heavy atom. The molecule has 0 radical (unpaired) electrons. The molecular weight excluding hydrogens is 424 g/mol. The molecule has 2 N–H and O–H groups in total. The quantitative estimate of drug-likeness (QED) is 0.530. The summed E-state index contributed by atoms with van der Waals surface area (Å²) in [4.78, 5) is 9.30. The predicted octanol–water partition coefficient (Wildman–Crippen LogP) is 4.31. The second kappa shape index (κ2) is 9.06. The van der Waals surface area contributed by atoms with Crippen molar-refractivity contribution in [2.45, 2.75) is 31.6 Å². The van der Waals surface area contributed by atoms with Gasteiger partial charge in [0.15, 0.2) is 9.84 Å². The highest BCUT2D eigenvalue weighted by molar-refractivity contribution is 7.90. The van der Waals surface area contributed by atoms with Gasteiger partial charge in [-0.3, -0.25) is 0 Å². The fraction of sp³-hybridized carbons (Fsp3) is 0.333. The van der Waals surface area contributed by atoms with E-state index in [1.807, 2.05) is 30.3 Å². The van der Waals surface area contributed by atoms with Crippen molar-refractivity contribution in [2.24, 2.45) is 0 Å². The molecule has 1 aliphatic carbocycles. The minimum Gasteiger partial charge on any atom is -0.494 e. The summed E-state index contributed by atoms with van der Waals surface area (Å²) in [6.07, 6.45) is 2.28. The van der Waals surface area contributed by atoms with Gasteiger partial charge < -0.3 is 15.4 Å². The van der Waals surface area contributed by atoms with Gasteiger partial charge in [0.2, 0.25) is 5.95 Å². The maximum Gasteiger partial charge on any atom is 0.229 e. The molecule has 9 heteroatoms. The van der Waals surface area contributed by atoms with Gasteiger partial charge in [-0.2, -0.15) is 4.98 Å². The number of rotatable bonds is 8. The second-order valence-corrected chi connectivity index (χ2v) is 9.52. The first-order chi connectivity index (χ1) is 14.0. The Balaban J connectivity index is 0.00000256. The average Bonchev–Trinajstić information content (AvgIpc) is 3.53. The van der Waals surface area contributed by atoms with Crippen molar-refractivity contribution < 1.29 is 13.2 Å². The zero-order chi connectivity index (χ0) is 20.4. The molecule has 0 saturated heterocycles. The summed E-state index contributed by atoms with van der Waals surface area (Å²) in [7, 11) is -1.43. The molecule has 1 saturated carbocycles. The van der Waals surface area contributed by atoms with Crippen molar-refractivity contribution in [3.63, 3.8) is 0 Å². The van der Waals surface area contributed by atoms with Crippen LogP contribution >= 0.6 is 12.4 Å². The highest BCUT2D eigenvalue weighted by Crippen LogP contribution is 2.33. The number of hydrogen-bond donors (Lipinski definition) is 2. The third kappa shape index (κ3) is 5.12. The maximum absolute atomic E-state index is 11.8. The highest BCUT2D eigenvalue weighted by atomic mass is 35.5. The largest absolute Gasteiger partial charge is 0.494 e. The van der Waals surface area contributed by atoms with E-state index in [9.17, 15) is 8.42 Å². The maximum atomic E-state index is 11.8. The average molecular weight is 449 g/mol. The van der Waals surface area contributed by atoms with E-state index < -0.39 is 9.84 Å². The van der Waals surface area contributed by atoms with Crippen LogP contribution in [0.5, 0.6) is 5.75 Å². The predicted molar refractivity (Wildman–Crippen MR) is 123 cm³/mol. The summed E-state index contributed by atoms with van der Waals surface area (Å²) in [5.74, 6) is 2.11.